The maximum atomic E-state index is 6.19. The maximum Gasteiger partial charge on any atom is 0.0474 e. The summed E-state index contributed by atoms with van der Waals surface area (Å²) in [5.41, 5.74) is 7.86. The summed E-state index contributed by atoms with van der Waals surface area (Å²) in [4.78, 5) is 0. The molecule has 3 rings (SSSR count). The zero-order valence-corrected chi connectivity index (χ0v) is 17.6. The summed E-state index contributed by atoms with van der Waals surface area (Å²) in [7, 11) is 0. The number of benzene rings is 2. The topological polar surface area (TPSA) is 0 Å². The summed E-state index contributed by atoms with van der Waals surface area (Å²) in [6.07, 6.45) is 0. The predicted molar refractivity (Wildman–Crippen MR) is 111 cm³/mol. The molecule has 0 saturated carbocycles. The van der Waals surface area contributed by atoms with Crippen LogP contribution in [0, 0.1) is 10.8 Å². The number of hydrogen-bond donors (Lipinski definition) is 0. The second-order valence-corrected chi connectivity index (χ2v) is 9.81. The molecular weight excluding hydrogens is 347 g/mol. The van der Waals surface area contributed by atoms with Gasteiger partial charge >= 0.3 is 0 Å². The van der Waals surface area contributed by atoms with Gasteiger partial charge in [-0.25, -0.2) is 0 Å². The lowest BCUT2D eigenvalue weighted by Crippen LogP contribution is -2.50. The Morgan fingerprint density at radius 3 is 1.32 bits per heavy atom. The van der Waals surface area contributed by atoms with Crippen LogP contribution in [-0.4, -0.2) is 0 Å². The van der Waals surface area contributed by atoms with Crippen molar-refractivity contribution in [3.8, 4) is 11.1 Å². The van der Waals surface area contributed by atoms with E-state index in [1.165, 1.54) is 33.4 Å². The quantitative estimate of drug-likeness (QED) is 0.476. The molecule has 0 radical (unpaired) electrons. The molecule has 25 heavy (non-hydrogen) atoms. The van der Waals surface area contributed by atoms with E-state index in [9.17, 15) is 0 Å². The average Bonchev–Trinajstić information content (AvgIpc) is 2.83. The molecule has 0 N–H and O–H groups in total. The number of alkyl halides is 2. The van der Waals surface area contributed by atoms with Crippen LogP contribution < -0.4 is 0 Å². The Balaban J connectivity index is 2.49. The third-order valence-electron chi connectivity index (χ3n) is 5.82. The van der Waals surface area contributed by atoms with Gasteiger partial charge in [-0.05, 0) is 44.2 Å². The molecule has 1 aliphatic rings. The van der Waals surface area contributed by atoms with Gasteiger partial charge in [0.25, 0.3) is 0 Å². The second kappa shape index (κ2) is 6.03. The molecule has 0 fully saturated rings. The van der Waals surface area contributed by atoms with E-state index in [0.717, 1.165) is 0 Å². The highest BCUT2D eigenvalue weighted by Crippen LogP contribution is 2.64. The summed E-state index contributed by atoms with van der Waals surface area (Å²) in [6, 6.07) is 13.5. The fourth-order valence-electron chi connectivity index (χ4n) is 5.33. The zero-order chi connectivity index (χ0) is 18.6. The highest BCUT2D eigenvalue weighted by Gasteiger charge is 2.57. The fourth-order valence-corrected chi connectivity index (χ4v) is 5.66. The van der Waals surface area contributed by atoms with Gasteiger partial charge in [0.2, 0.25) is 0 Å². The van der Waals surface area contributed by atoms with Crippen molar-refractivity contribution in [1.82, 2.24) is 0 Å². The van der Waals surface area contributed by atoms with E-state index in [1.807, 2.05) is 0 Å². The molecule has 134 valence electrons. The average molecular weight is 375 g/mol. The molecule has 0 aromatic heterocycles. The van der Waals surface area contributed by atoms with Crippen molar-refractivity contribution in [2.24, 2.45) is 10.8 Å². The van der Waals surface area contributed by atoms with Gasteiger partial charge < -0.3 is 0 Å². The van der Waals surface area contributed by atoms with E-state index >= 15 is 0 Å². The Labute approximate surface area is 162 Å². The minimum absolute atomic E-state index is 0.0428. The van der Waals surface area contributed by atoms with Crippen molar-refractivity contribution in [3.63, 3.8) is 0 Å². The molecule has 0 atom stereocenters. The molecule has 0 spiro atoms. The molecule has 0 saturated heterocycles. The van der Waals surface area contributed by atoms with Crippen LogP contribution in [0.3, 0.4) is 0 Å². The summed E-state index contributed by atoms with van der Waals surface area (Å²) < 4.78 is 0. The standard InChI is InChI=1S/C23H28Cl2/c1-21(2,3)23(22(4,5)6)19-11-15(13-24)7-9-17(19)18-10-8-16(14-25)12-20(18)23/h7-12H,13-14H2,1-6H3. The van der Waals surface area contributed by atoms with Crippen LogP contribution in [0.25, 0.3) is 11.1 Å². The summed E-state index contributed by atoms with van der Waals surface area (Å²) >= 11 is 12.4. The first kappa shape index (κ1) is 18.8. The largest absolute Gasteiger partial charge is 0.122 e. The van der Waals surface area contributed by atoms with E-state index in [0.29, 0.717) is 11.8 Å². The first-order valence-corrected chi connectivity index (χ1v) is 10.0. The third kappa shape index (κ3) is 2.56. The molecule has 0 amide bonds. The molecule has 1 aliphatic carbocycles. The Hall–Kier alpha value is -0.980. The Morgan fingerprint density at radius 1 is 0.680 bits per heavy atom. The van der Waals surface area contributed by atoms with Crippen LogP contribution >= 0.6 is 23.2 Å². The van der Waals surface area contributed by atoms with Crippen LogP contribution in [0.5, 0.6) is 0 Å². The fraction of sp³-hybridized carbons (Fsp3) is 0.478. The minimum Gasteiger partial charge on any atom is -0.122 e. The number of hydrogen-bond acceptors (Lipinski definition) is 0. The molecule has 2 aromatic rings. The molecule has 0 heterocycles. The number of halogens is 2. The Bertz CT molecular complexity index is 734. The molecule has 2 aromatic carbocycles. The number of rotatable bonds is 2. The lowest BCUT2D eigenvalue weighted by Gasteiger charge is -2.53. The van der Waals surface area contributed by atoms with E-state index in [1.54, 1.807) is 0 Å². The second-order valence-electron chi connectivity index (χ2n) is 9.28. The molecule has 0 unspecified atom stereocenters. The summed E-state index contributed by atoms with van der Waals surface area (Å²) in [5.74, 6) is 1.09. The zero-order valence-electron chi connectivity index (χ0n) is 16.1. The Kier molecular flexibility index (Phi) is 4.54. The van der Waals surface area contributed by atoms with Gasteiger partial charge in [-0.2, -0.15) is 0 Å². The van der Waals surface area contributed by atoms with Crippen LogP contribution in [0.4, 0.5) is 0 Å². The van der Waals surface area contributed by atoms with Crippen LogP contribution in [0.2, 0.25) is 0 Å². The van der Waals surface area contributed by atoms with Gasteiger partial charge in [-0.1, -0.05) is 77.9 Å². The highest BCUT2D eigenvalue weighted by atomic mass is 35.5. The predicted octanol–water partition coefficient (Wildman–Crippen LogP) is 7.52. The van der Waals surface area contributed by atoms with Crippen molar-refractivity contribution >= 4 is 23.2 Å². The number of fused-ring (bicyclic) bond motifs is 3. The monoisotopic (exact) mass is 374 g/mol. The van der Waals surface area contributed by atoms with Gasteiger partial charge in [-0.3, -0.25) is 0 Å². The highest BCUT2D eigenvalue weighted by molar-refractivity contribution is 6.17. The summed E-state index contributed by atoms with van der Waals surface area (Å²) in [6.45, 7) is 14.2. The first-order valence-electron chi connectivity index (χ1n) is 8.97. The van der Waals surface area contributed by atoms with Crippen molar-refractivity contribution in [2.45, 2.75) is 58.7 Å². The van der Waals surface area contributed by atoms with Crippen molar-refractivity contribution < 1.29 is 0 Å². The van der Waals surface area contributed by atoms with Gasteiger partial charge in [0.1, 0.15) is 0 Å². The van der Waals surface area contributed by atoms with E-state index in [2.05, 4.69) is 77.9 Å². The first-order chi connectivity index (χ1) is 11.6. The van der Waals surface area contributed by atoms with E-state index < -0.39 is 0 Å². The van der Waals surface area contributed by atoms with E-state index in [4.69, 9.17) is 23.2 Å². The normalized spacial score (nSPS) is 15.8. The Morgan fingerprint density at radius 2 is 1.04 bits per heavy atom. The van der Waals surface area contributed by atoms with Crippen LogP contribution in [0.15, 0.2) is 36.4 Å². The lowest BCUT2D eigenvalue weighted by molar-refractivity contribution is 0.0949. The lowest BCUT2D eigenvalue weighted by atomic mass is 9.50. The smallest absolute Gasteiger partial charge is 0.0474 e. The van der Waals surface area contributed by atoms with E-state index in [-0.39, 0.29) is 16.2 Å². The van der Waals surface area contributed by atoms with Crippen molar-refractivity contribution in [1.29, 1.82) is 0 Å². The molecule has 2 heteroatoms. The van der Waals surface area contributed by atoms with Crippen molar-refractivity contribution in [3.05, 3.63) is 58.7 Å². The molecular formula is C23H28Cl2. The van der Waals surface area contributed by atoms with Crippen molar-refractivity contribution in [2.75, 3.05) is 0 Å². The van der Waals surface area contributed by atoms with Gasteiger partial charge in [-0.15, -0.1) is 23.2 Å². The SMILES string of the molecule is CC(C)(C)C1(C(C)(C)C)c2cc(CCl)ccc2-c2ccc(CCl)cc21. The molecule has 0 aliphatic heterocycles. The third-order valence-corrected chi connectivity index (χ3v) is 6.44. The molecule has 0 bridgehead atoms. The van der Waals surface area contributed by atoms with Gasteiger partial charge in [0, 0.05) is 17.2 Å². The molecule has 0 nitrogen and oxygen atoms in total. The van der Waals surface area contributed by atoms with Crippen LogP contribution in [-0.2, 0) is 17.2 Å². The van der Waals surface area contributed by atoms with Crippen LogP contribution in [0.1, 0.15) is 63.8 Å². The summed E-state index contributed by atoms with van der Waals surface area (Å²) in [5, 5.41) is 0. The minimum atomic E-state index is -0.102. The maximum absolute atomic E-state index is 6.19. The van der Waals surface area contributed by atoms with Gasteiger partial charge in [0.05, 0.1) is 0 Å². The van der Waals surface area contributed by atoms with Gasteiger partial charge in [0.15, 0.2) is 0 Å².